The highest BCUT2D eigenvalue weighted by atomic mass is 16.5. The predicted octanol–water partition coefficient (Wildman–Crippen LogP) is 8.50. The van der Waals surface area contributed by atoms with E-state index in [0.717, 1.165) is 58.5 Å². The Morgan fingerprint density at radius 3 is 1.54 bits per heavy atom. The Balaban J connectivity index is 3.43. The van der Waals surface area contributed by atoms with Crippen LogP contribution >= 0.6 is 0 Å². The molecule has 0 radical (unpaired) electrons. The van der Waals surface area contributed by atoms with Crippen molar-refractivity contribution in [2.75, 3.05) is 47.6 Å². The van der Waals surface area contributed by atoms with Gasteiger partial charge in [0.2, 0.25) is 0 Å². The van der Waals surface area contributed by atoms with Crippen LogP contribution in [0.5, 0.6) is 0 Å². The number of rotatable bonds is 29. The van der Waals surface area contributed by atoms with Gasteiger partial charge in [0.15, 0.2) is 0 Å². The average Bonchev–Trinajstić information content (AvgIpc) is 2.89. The van der Waals surface area contributed by atoms with Gasteiger partial charge in [-0.2, -0.15) is 0 Å². The number of hydrogen-bond acceptors (Lipinski definition) is 5. The number of unbranched alkanes of at least 4 members (excludes halogenated alkanes) is 16. The van der Waals surface area contributed by atoms with E-state index in [-0.39, 0.29) is 5.97 Å². The number of likely N-dealkylation sites (N-methyl/N-ethyl adjacent to an activating group) is 1. The van der Waals surface area contributed by atoms with E-state index in [4.69, 9.17) is 9.47 Å². The predicted molar refractivity (Wildman–Crippen MR) is 158 cm³/mol. The van der Waals surface area contributed by atoms with Gasteiger partial charge in [-0.15, -0.1) is 0 Å². The van der Waals surface area contributed by atoms with Crippen molar-refractivity contribution in [3.05, 3.63) is 12.2 Å². The second-order valence-electron chi connectivity index (χ2n) is 10.8. The van der Waals surface area contributed by atoms with Crippen LogP contribution in [0.3, 0.4) is 0 Å². The van der Waals surface area contributed by atoms with Gasteiger partial charge < -0.3 is 19.1 Å². The summed E-state index contributed by atoms with van der Waals surface area (Å²) in [6.07, 6.45) is 29.1. The van der Waals surface area contributed by atoms with E-state index in [1.54, 1.807) is 0 Å². The average molecular weight is 526 g/mol. The molecule has 0 fully saturated rings. The van der Waals surface area contributed by atoms with Crippen molar-refractivity contribution in [2.45, 2.75) is 141 Å². The van der Waals surface area contributed by atoms with E-state index in [9.17, 15) is 4.79 Å². The summed E-state index contributed by atoms with van der Waals surface area (Å²) >= 11 is 0. The van der Waals surface area contributed by atoms with Crippen molar-refractivity contribution in [1.29, 1.82) is 0 Å². The second-order valence-corrected chi connectivity index (χ2v) is 10.8. The minimum Gasteiger partial charge on any atom is -0.469 e. The molecule has 5 nitrogen and oxygen atoms in total. The Hall–Kier alpha value is -0.910. The number of ether oxygens (including phenoxy) is 3. The first-order valence-electron chi connectivity index (χ1n) is 15.7. The van der Waals surface area contributed by atoms with Crippen molar-refractivity contribution < 1.29 is 19.0 Å². The Kier molecular flexibility index (Phi) is 28.9. The zero-order valence-electron chi connectivity index (χ0n) is 25.3. The molecule has 220 valence electrons. The van der Waals surface area contributed by atoms with Crippen molar-refractivity contribution in [3.8, 4) is 0 Å². The Labute approximate surface area is 231 Å². The minimum absolute atomic E-state index is 0.0917. The van der Waals surface area contributed by atoms with Crippen LogP contribution in [-0.4, -0.2) is 64.5 Å². The zero-order chi connectivity index (χ0) is 27.2. The van der Waals surface area contributed by atoms with E-state index in [1.165, 1.54) is 97.0 Å². The number of allylic oxidation sites excluding steroid dienone is 2. The normalized spacial score (nSPS) is 12.6. The van der Waals surface area contributed by atoms with Crippen molar-refractivity contribution in [2.24, 2.45) is 0 Å². The molecule has 0 aliphatic carbocycles. The van der Waals surface area contributed by atoms with Crippen LogP contribution in [0.2, 0.25) is 0 Å². The van der Waals surface area contributed by atoms with Crippen molar-refractivity contribution in [1.82, 2.24) is 4.90 Å². The minimum atomic E-state index is -0.0917. The molecule has 1 unspecified atom stereocenters. The number of carbonyl (C=O) groups is 1. The summed E-state index contributed by atoms with van der Waals surface area (Å²) < 4.78 is 16.6. The first kappa shape index (κ1) is 36.1. The van der Waals surface area contributed by atoms with Crippen LogP contribution in [0.25, 0.3) is 0 Å². The van der Waals surface area contributed by atoms with Gasteiger partial charge in [-0.05, 0) is 59.0 Å². The number of nitrogens with zero attached hydrogens (tertiary/aromatic N) is 1. The third-order valence-electron chi connectivity index (χ3n) is 7.05. The monoisotopic (exact) mass is 525 g/mol. The molecule has 5 heteroatoms. The number of carbonyl (C=O) groups excluding carboxylic acids is 1. The van der Waals surface area contributed by atoms with Gasteiger partial charge in [0.1, 0.15) is 0 Å². The van der Waals surface area contributed by atoms with E-state index >= 15 is 0 Å². The molecular formula is C32H63NO4. The van der Waals surface area contributed by atoms with Gasteiger partial charge in [0.05, 0.1) is 26.4 Å². The summed E-state index contributed by atoms with van der Waals surface area (Å²) in [6, 6.07) is 0.349. The van der Waals surface area contributed by atoms with Gasteiger partial charge in [-0.1, -0.05) is 96.1 Å². The lowest BCUT2D eigenvalue weighted by atomic mass is 10.1. The highest BCUT2D eigenvalue weighted by Gasteiger charge is 2.11. The maximum atomic E-state index is 11.0. The zero-order valence-corrected chi connectivity index (χ0v) is 25.3. The topological polar surface area (TPSA) is 48.0 Å². The molecule has 0 saturated heterocycles. The number of esters is 1. The summed E-state index contributed by atoms with van der Waals surface area (Å²) in [5.41, 5.74) is 0. The summed E-state index contributed by atoms with van der Waals surface area (Å²) in [4.78, 5) is 13.3. The van der Waals surface area contributed by atoms with E-state index in [2.05, 4.69) is 42.8 Å². The largest absolute Gasteiger partial charge is 0.469 e. The van der Waals surface area contributed by atoms with Gasteiger partial charge in [-0.3, -0.25) is 4.79 Å². The van der Waals surface area contributed by atoms with Crippen molar-refractivity contribution >= 4 is 5.97 Å². The molecule has 0 rings (SSSR count). The maximum Gasteiger partial charge on any atom is 0.305 e. The molecule has 0 heterocycles. The molecule has 1 atom stereocenters. The maximum absolute atomic E-state index is 11.0. The van der Waals surface area contributed by atoms with Crippen molar-refractivity contribution in [3.63, 3.8) is 0 Å². The fourth-order valence-corrected chi connectivity index (χ4v) is 4.34. The Morgan fingerprint density at radius 2 is 1.08 bits per heavy atom. The molecule has 0 amide bonds. The summed E-state index contributed by atoms with van der Waals surface area (Å²) in [7, 11) is 5.70. The molecule has 0 aromatic heterocycles. The molecule has 0 bridgehead atoms. The van der Waals surface area contributed by atoms with Gasteiger partial charge >= 0.3 is 5.97 Å². The summed E-state index contributed by atoms with van der Waals surface area (Å²) in [6.45, 7) is 5.56. The molecule has 0 aromatic rings. The fraction of sp³-hybridized carbons (Fsp3) is 0.906. The third kappa shape index (κ3) is 27.9. The summed E-state index contributed by atoms with van der Waals surface area (Å²) in [5, 5.41) is 0. The van der Waals surface area contributed by atoms with E-state index in [1.807, 2.05) is 0 Å². The SMILES string of the molecule is CCCCCCCCCCOCC(COCCCCCCCC/C=C\CCCCCC(=O)OC)N(C)C. The van der Waals surface area contributed by atoms with Crippen LogP contribution in [0.15, 0.2) is 12.2 Å². The molecule has 0 aliphatic rings. The standard InChI is InChI=1S/C32H63NO4/c1-5-6-7-8-9-18-21-24-27-36-29-31(33(2)3)30-37-28-25-22-19-16-14-12-10-11-13-15-17-20-23-26-32(34)35-4/h11,13,31H,5-10,12,14-30H2,1-4H3/b13-11-. The quantitative estimate of drug-likeness (QED) is 0.0556. The first-order valence-corrected chi connectivity index (χ1v) is 15.7. The number of methoxy groups -OCH3 is 1. The molecule has 0 spiro atoms. The fourth-order valence-electron chi connectivity index (χ4n) is 4.34. The Bertz CT molecular complexity index is 495. The Morgan fingerprint density at radius 1 is 0.649 bits per heavy atom. The lowest BCUT2D eigenvalue weighted by molar-refractivity contribution is -0.140. The highest BCUT2D eigenvalue weighted by Crippen LogP contribution is 2.10. The van der Waals surface area contributed by atoms with Crippen LogP contribution in [-0.2, 0) is 19.0 Å². The van der Waals surface area contributed by atoms with Gasteiger partial charge in [-0.25, -0.2) is 0 Å². The lowest BCUT2D eigenvalue weighted by Crippen LogP contribution is -2.37. The lowest BCUT2D eigenvalue weighted by Gasteiger charge is -2.24. The third-order valence-corrected chi connectivity index (χ3v) is 7.05. The molecule has 37 heavy (non-hydrogen) atoms. The van der Waals surface area contributed by atoms with Crippen LogP contribution in [0, 0.1) is 0 Å². The van der Waals surface area contributed by atoms with Crippen LogP contribution in [0.1, 0.15) is 135 Å². The second kappa shape index (κ2) is 29.6. The van der Waals surface area contributed by atoms with E-state index in [0.29, 0.717) is 12.5 Å². The molecule has 0 aliphatic heterocycles. The van der Waals surface area contributed by atoms with Gasteiger partial charge in [0, 0.05) is 19.6 Å². The molecule has 0 N–H and O–H groups in total. The molecular weight excluding hydrogens is 462 g/mol. The van der Waals surface area contributed by atoms with Crippen LogP contribution in [0.4, 0.5) is 0 Å². The van der Waals surface area contributed by atoms with Crippen LogP contribution < -0.4 is 0 Å². The van der Waals surface area contributed by atoms with E-state index < -0.39 is 0 Å². The highest BCUT2D eigenvalue weighted by molar-refractivity contribution is 5.68. The summed E-state index contributed by atoms with van der Waals surface area (Å²) in [5.74, 6) is -0.0917. The molecule has 0 aromatic carbocycles. The number of hydrogen-bond donors (Lipinski definition) is 0. The first-order chi connectivity index (χ1) is 18.1. The van der Waals surface area contributed by atoms with Gasteiger partial charge in [0.25, 0.3) is 0 Å². The molecule has 0 saturated carbocycles. The smallest absolute Gasteiger partial charge is 0.305 e.